The molecule has 0 bridgehead atoms. The van der Waals surface area contributed by atoms with E-state index in [-0.39, 0.29) is 6.10 Å². The minimum Gasteiger partial charge on any atom is -0.378 e. The first kappa shape index (κ1) is 17.9. The van der Waals surface area contributed by atoms with E-state index in [1.54, 1.807) is 16.4 Å². The SMILES string of the molecule is Cc1ccc(S(=O)(=O)N2CCC(OCCCN)CC2)cc1Br. The molecule has 0 unspecified atom stereocenters. The molecule has 1 aromatic rings. The van der Waals surface area contributed by atoms with Crippen LogP contribution < -0.4 is 5.73 Å². The van der Waals surface area contributed by atoms with Crippen molar-refractivity contribution in [1.29, 1.82) is 0 Å². The van der Waals surface area contributed by atoms with Gasteiger partial charge in [0.05, 0.1) is 11.0 Å². The van der Waals surface area contributed by atoms with Gasteiger partial charge in [0.1, 0.15) is 0 Å². The lowest BCUT2D eigenvalue weighted by atomic mass is 10.1. The Balaban J connectivity index is 1.98. The zero-order valence-electron chi connectivity index (χ0n) is 12.8. The van der Waals surface area contributed by atoms with Crippen LogP contribution in [0.3, 0.4) is 0 Å². The molecule has 2 N–H and O–H groups in total. The molecule has 7 heteroatoms. The molecule has 0 atom stereocenters. The van der Waals surface area contributed by atoms with Crippen LogP contribution in [0.15, 0.2) is 27.6 Å². The van der Waals surface area contributed by atoms with E-state index in [9.17, 15) is 8.42 Å². The van der Waals surface area contributed by atoms with Crippen LogP contribution in [0.4, 0.5) is 0 Å². The van der Waals surface area contributed by atoms with Gasteiger partial charge in [-0.15, -0.1) is 0 Å². The number of hydrogen-bond acceptors (Lipinski definition) is 4. The second kappa shape index (κ2) is 7.88. The van der Waals surface area contributed by atoms with E-state index in [0.29, 0.717) is 31.1 Å². The molecular formula is C15H23BrN2O3S. The first-order valence-corrected chi connectivity index (χ1v) is 9.76. The molecule has 1 aliphatic rings. The van der Waals surface area contributed by atoms with Gasteiger partial charge < -0.3 is 10.5 Å². The maximum absolute atomic E-state index is 12.7. The number of halogens is 1. The zero-order chi connectivity index (χ0) is 16.2. The first-order valence-electron chi connectivity index (χ1n) is 7.53. The van der Waals surface area contributed by atoms with Crippen LogP contribution in [0.1, 0.15) is 24.8 Å². The molecule has 1 aromatic carbocycles. The van der Waals surface area contributed by atoms with Gasteiger partial charge in [0.2, 0.25) is 10.0 Å². The van der Waals surface area contributed by atoms with Crippen molar-refractivity contribution < 1.29 is 13.2 Å². The standard InChI is InChI=1S/C15H23BrN2O3S/c1-12-3-4-14(11-15(12)16)22(19,20)18-8-5-13(6-9-18)21-10-2-7-17/h3-4,11,13H,2,5-10,17H2,1H3. The summed E-state index contributed by atoms with van der Waals surface area (Å²) in [4.78, 5) is 0.340. The summed E-state index contributed by atoms with van der Waals surface area (Å²) < 4.78 is 33.4. The molecule has 1 fully saturated rings. The molecule has 1 aliphatic heterocycles. The summed E-state index contributed by atoms with van der Waals surface area (Å²) in [5.74, 6) is 0. The van der Waals surface area contributed by atoms with Gasteiger partial charge >= 0.3 is 0 Å². The Morgan fingerprint density at radius 3 is 2.64 bits per heavy atom. The van der Waals surface area contributed by atoms with Gasteiger partial charge in [0.15, 0.2) is 0 Å². The van der Waals surface area contributed by atoms with Gasteiger partial charge in [-0.1, -0.05) is 22.0 Å². The Kier molecular flexibility index (Phi) is 6.40. The summed E-state index contributed by atoms with van der Waals surface area (Å²) >= 11 is 3.39. The monoisotopic (exact) mass is 390 g/mol. The molecule has 1 saturated heterocycles. The number of nitrogens with two attached hydrogens (primary N) is 1. The highest BCUT2D eigenvalue weighted by atomic mass is 79.9. The van der Waals surface area contributed by atoms with Crippen molar-refractivity contribution in [3.05, 3.63) is 28.2 Å². The zero-order valence-corrected chi connectivity index (χ0v) is 15.2. The van der Waals surface area contributed by atoms with Crippen molar-refractivity contribution in [2.45, 2.75) is 37.2 Å². The Morgan fingerprint density at radius 1 is 1.36 bits per heavy atom. The Hall–Kier alpha value is -0.470. The van der Waals surface area contributed by atoms with Crippen molar-refractivity contribution in [2.75, 3.05) is 26.2 Å². The average Bonchev–Trinajstić information content (AvgIpc) is 2.51. The molecular weight excluding hydrogens is 368 g/mol. The van der Waals surface area contributed by atoms with E-state index >= 15 is 0 Å². The maximum Gasteiger partial charge on any atom is 0.243 e. The van der Waals surface area contributed by atoms with Crippen molar-refractivity contribution in [3.8, 4) is 0 Å². The summed E-state index contributed by atoms with van der Waals surface area (Å²) in [6, 6.07) is 5.16. The number of nitrogens with zero attached hydrogens (tertiary/aromatic N) is 1. The maximum atomic E-state index is 12.7. The van der Waals surface area contributed by atoms with Crippen LogP contribution in [-0.2, 0) is 14.8 Å². The Labute approximate surface area is 141 Å². The molecule has 0 saturated carbocycles. The number of rotatable bonds is 6. The third-order valence-corrected chi connectivity index (χ3v) is 6.63. The van der Waals surface area contributed by atoms with E-state index in [1.165, 1.54) is 0 Å². The average molecular weight is 391 g/mol. The molecule has 0 aliphatic carbocycles. The summed E-state index contributed by atoms with van der Waals surface area (Å²) in [5.41, 5.74) is 6.46. The van der Waals surface area contributed by atoms with Gasteiger partial charge in [0, 0.05) is 24.2 Å². The van der Waals surface area contributed by atoms with E-state index in [1.807, 2.05) is 13.0 Å². The van der Waals surface area contributed by atoms with Gasteiger partial charge in [-0.2, -0.15) is 4.31 Å². The van der Waals surface area contributed by atoms with Gasteiger partial charge in [0.25, 0.3) is 0 Å². The predicted octanol–water partition coefficient (Wildman–Crippen LogP) is 2.28. The quantitative estimate of drug-likeness (QED) is 0.756. The van der Waals surface area contributed by atoms with E-state index in [2.05, 4.69) is 15.9 Å². The highest BCUT2D eigenvalue weighted by molar-refractivity contribution is 9.10. The fourth-order valence-electron chi connectivity index (χ4n) is 2.46. The topological polar surface area (TPSA) is 72.6 Å². The minimum atomic E-state index is -3.42. The van der Waals surface area contributed by atoms with Gasteiger partial charge in [-0.25, -0.2) is 8.42 Å². The molecule has 0 radical (unpaired) electrons. The normalized spacial score (nSPS) is 17.8. The number of sulfonamides is 1. The lowest BCUT2D eigenvalue weighted by Gasteiger charge is -2.31. The fraction of sp³-hybridized carbons (Fsp3) is 0.600. The highest BCUT2D eigenvalue weighted by Crippen LogP contribution is 2.25. The largest absolute Gasteiger partial charge is 0.378 e. The predicted molar refractivity (Wildman–Crippen MR) is 90.3 cm³/mol. The smallest absolute Gasteiger partial charge is 0.243 e. The van der Waals surface area contributed by atoms with Crippen LogP contribution in [0.25, 0.3) is 0 Å². The molecule has 2 rings (SSSR count). The summed E-state index contributed by atoms with van der Waals surface area (Å²) in [6.07, 6.45) is 2.45. The fourth-order valence-corrected chi connectivity index (χ4v) is 4.48. The van der Waals surface area contributed by atoms with Crippen LogP contribution in [0.5, 0.6) is 0 Å². The highest BCUT2D eigenvalue weighted by Gasteiger charge is 2.29. The lowest BCUT2D eigenvalue weighted by molar-refractivity contribution is 0.0209. The third-order valence-electron chi connectivity index (χ3n) is 3.88. The van der Waals surface area contributed by atoms with E-state index in [0.717, 1.165) is 29.3 Å². The third kappa shape index (κ3) is 4.29. The minimum absolute atomic E-state index is 0.141. The number of ether oxygens (including phenoxy) is 1. The summed E-state index contributed by atoms with van der Waals surface area (Å²) in [5, 5.41) is 0. The van der Waals surface area contributed by atoms with Gasteiger partial charge in [-0.3, -0.25) is 0 Å². The van der Waals surface area contributed by atoms with Crippen molar-refractivity contribution in [2.24, 2.45) is 5.73 Å². The van der Waals surface area contributed by atoms with Crippen LogP contribution in [0, 0.1) is 6.92 Å². The summed E-state index contributed by atoms with van der Waals surface area (Å²) in [7, 11) is -3.42. The molecule has 0 amide bonds. The Morgan fingerprint density at radius 2 is 2.05 bits per heavy atom. The van der Waals surface area contributed by atoms with Crippen molar-refractivity contribution in [1.82, 2.24) is 4.31 Å². The first-order chi connectivity index (χ1) is 10.4. The molecule has 5 nitrogen and oxygen atoms in total. The molecule has 0 aromatic heterocycles. The van der Waals surface area contributed by atoms with Crippen LogP contribution >= 0.6 is 15.9 Å². The Bertz CT molecular complexity index is 599. The van der Waals surface area contributed by atoms with E-state index < -0.39 is 10.0 Å². The number of benzene rings is 1. The van der Waals surface area contributed by atoms with Gasteiger partial charge in [-0.05, 0) is 50.4 Å². The second-order valence-electron chi connectivity index (χ2n) is 5.53. The van der Waals surface area contributed by atoms with Crippen molar-refractivity contribution >= 4 is 26.0 Å². The summed E-state index contributed by atoms with van der Waals surface area (Å²) in [6.45, 7) is 4.21. The van der Waals surface area contributed by atoms with Crippen LogP contribution in [-0.4, -0.2) is 45.1 Å². The van der Waals surface area contributed by atoms with E-state index in [4.69, 9.17) is 10.5 Å². The second-order valence-corrected chi connectivity index (χ2v) is 8.32. The molecule has 1 heterocycles. The molecule has 124 valence electrons. The lowest BCUT2D eigenvalue weighted by Crippen LogP contribution is -2.41. The molecule has 0 spiro atoms. The number of aryl methyl sites for hydroxylation is 1. The van der Waals surface area contributed by atoms with Crippen LogP contribution in [0.2, 0.25) is 0 Å². The molecule has 22 heavy (non-hydrogen) atoms. The van der Waals surface area contributed by atoms with Crippen molar-refractivity contribution in [3.63, 3.8) is 0 Å². The number of hydrogen-bond donors (Lipinski definition) is 1. The number of piperidine rings is 1.